The van der Waals surface area contributed by atoms with Crippen molar-refractivity contribution in [3.8, 4) is 5.82 Å². The van der Waals surface area contributed by atoms with Crippen molar-refractivity contribution in [2.45, 2.75) is 11.8 Å². The van der Waals surface area contributed by atoms with E-state index in [9.17, 15) is 13.2 Å². The van der Waals surface area contributed by atoms with E-state index in [2.05, 4.69) is 31.0 Å². The zero-order valence-corrected chi connectivity index (χ0v) is 12.9. The van der Waals surface area contributed by atoms with E-state index < -0.39 is 15.6 Å². The lowest BCUT2D eigenvalue weighted by atomic mass is 10.2. The summed E-state index contributed by atoms with van der Waals surface area (Å²) < 4.78 is 25.3. The third-order valence-electron chi connectivity index (χ3n) is 2.60. The predicted molar refractivity (Wildman–Crippen MR) is 75.0 cm³/mol. The highest BCUT2D eigenvalue weighted by Crippen LogP contribution is 2.18. The minimum Gasteiger partial charge on any atom is -0.291 e. The molecule has 20 heavy (non-hydrogen) atoms. The second-order valence-corrected chi connectivity index (χ2v) is 6.62. The Bertz CT molecular complexity index is 728. The Morgan fingerprint density at radius 2 is 2.15 bits per heavy atom. The topological polar surface area (TPSA) is 94.8 Å². The second-order valence-electron chi connectivity index (χ2n) is 3.82. The van der Waals surface area contributed by atoms with Crippen molar-refractivity contribution >= 4 is 31.6 Å². The van der Waals surface area contributed by atoms with Crippen molar-refractivity contribution < 1.29 is 13.2 Å². The summed E-state index contributed by atoms with van der Waals surface area (Å²) in [7, 11) is -3.52. The lowest BCUT2D eigenvalue weighted by Gasteiger charge is -2.08. The first-order valence-corrected chi connectivity index (χ1v) is 8.45. The molecule has 0 aliphatic rings. The summed E-state index contributed by atoms with van der Waals surface area (Å²) >= 11 is 3.03. The molecule has 0 unspecified atom stereocenters. The molecule has 0 amide bonds. The van der Waals surface area contributed by atoms with Gasteiger partial charge in [-0.05, 0) is 12.1 Å². The van der Waals surface area contributed by atoms with E-state index in [0.717, 1.165) is 0 Å². The van der Waals surface area contributed by atoms with Crippen LogP contribution in [0.3, 0.4) is 0 Å². The standard InChI is InChI=1S/C11H11BrN4O3S/c1-2-20(18,19)9-3-4-10(16-7-13-6-14-16)15-11(9)8(17)5-12/h3-4,6-7H,2,5H2,1H3. The number of rotatable bonds is 5. The molecule has 0 atom stereocenters. The van der Waals surface area contributed by atoms with Gasteiger partial charge in [-0.25, -0.2) is 23.1 Å². The summed E-state index contributed by atoms with van der Waals surface area (Å²) in [6, 6.07) is 2.86. The van der Waals surface area contributed by atoms with Crippen molar-refractivity contribution in [3.63, 3.8) is 0 Å². The van der Waals surface area contributed by atoms with Gasteiger partial charge in [-0.15, -0.1) is 0 Å². The van der Waals surface area contributed by atoms with Crippen LogP contribution in [-0.4, -0.2) is 45.0 Å². The summed E-state index contributed by atoms with van der Waals surface area (Å²) in [5.74, 6) is -0.166. The molecule has 0 N–H and O–H groups in total. The first-order chi connectivity index (χ1) is 9.49. The van der Waals surface area contributed by atoms with Crippen molar-refractivity contribution in [1.82, 2.24) is 19.7 Å². The molecule has 0 bridgehead atoms. The van der Waals surface area contributed by atoms with Crippen LogP contribution in [0.25, 0.3) is 5.82 Å². The van der Waals surface area contributed by atoms with Crippen LogP contribution >= 0.6 is 15.9 Å². The van der Waals surface area contributed by atoms with E-state index >= 15 is 0 Å². The van der Waals surface area contributed by atoms with Crippen LogP contribution in [0.2, 0.25) is 0 Å². The summed E-state index contributed by atoms with van der Waals surface area (Å²) in [5, 5.41) is 3.89. The summed E-state index contributed by atoms with van der Waals surface area (Å²) in [6.07, 6.45) is 2.74. The minimum atomic E-state index is -3.52. The first-order valence-electron chi connectivity index (χ1n) is 5.67. The van der Waals surface area contributed by atoms with E-state index in [4.69, 9.17) is 0 Å². The van der Waals surface area contributed by atoms with E-state index in [1.807, 2.05) is 0 Å². The quantitative estimate of drug-likeness (QED) is 0.585. The predicted octanol–water partition coefficient (Wildman–Crippen LogP) is 1.03. The Labute approximate surface area is 124 Å². The maximum Gasteiger partial charge on any atom is 0.193 e. The van der Waals surface area contributed by atoms with E-state index in [0.29, 0.717) is 5.82 Å². The van der Waals surface area contributed by atoms with Gasteiger partial charge in [0.15, 0.2) is 21.4 Å². The molecule has 2 rings (SSSR count). The van der Waals surface area contributed by atoms with Crippen LogP contribution in [0.5, 0.6) is 0 Å². The number of sulfone groups is 1. The third-order valence-corrected chi connectivity index (χ3v) is 4.87. The average molecular weight is 359 g/mol. The molecule has 0 saturated carbocycles. The van der Waals surface area contributed by atoms with Gasteiger partial charge in [0, 0.05) is 0 Å². The molecule has 0 radical (unpaired) electrons. The molecular formula is C11H11BrN4O3S. The monoisotopic (exact) mass is 358 g/mol. The lowest BCUT2D eigenvalue weighted by Crippen LogP contribution is -2.15. The Morgan fingerprint density at radius 1 is 1.40 bits per heavy atom. The molecule has 2 heterocycles. The smallest absolute Gasteiger partial charge is 0.193 e. The molecule has 7 nitrogen and oxygen atoms in total. The number of hydrogen-bond acceptors (Lipinski definition) is 6. The number of aromatic nitrogens is 4. The Balaban J connectivity index is 2.63. The fraction of sp³-hybridized carbons (Fsp3) is 0.273. The number of ketones is 1. The molecular weight excluding hydrogens is 348 g/mol. The van der Waals surface area contributed by atoms with Crippen LogP contribution < -0.4 is 0 Å². The number of Topliss-reactive ketones (excluding diaryl/α,β-unsaturated/α-hetero) is 1. The Kier molecular flexibility index (Phi) is 4.29. The molecule has 0 aromatic carbocycles. The second kappa shape index (κ2) is 5.80. The van der Waals surface area contributed by atoms with Gasteiger partial charge in [-0.2, -0.15) is 5.10 Å². The number of nitrogens with zero attached hydrogens (tertiary/aromatic N) is 4. The van der Waals surface area contributed by atoms with Crippen molar-refractivity contribution in [2.75, 3.05) is 11.1 Å². The van der Waals surface area contributed by atoms with Gasteiger partial charge in [0.1, 0.15) is 18.3 Å². The highest BCUT2D eigenvalue weighted by molar-refractivity contribution is 9.09. The molecule has 0 aliphatic carbocycles. The highest BCUT2D eigenvalue weighted by atomic mass is 79.9. The van der Waals surface area contributed by atoms with Gasteiger partial charge in [0.25, 0.3) is 0 Å². The first kappa shape index (κ1) is 14.8. The van der Waals surface area contributed by atoms with E-state index in [-0.39, 0.29) is 21.7 Å². The molecule has 2 aromatic heterocycles. The van der Waals surface area contributed by atoms with Crippen molar-refractivity contribution in [3.05, 3.63) is 30.5 Å². The fourth-order valence-corrected chi connectivity index (χ4v) is 2.87. The van der Waals surface area contributed by atoms with Crippen LogP contribution in [0.1, 0.15) is 17.4 Å². The van der Waals surface area contributed by atoms with Gasteiger partial charge in [-0.1, -0.05) is 22.9 Å². The summed E-state index contributed by atoms with van der Waals surface area (Å²) in [5.41, 5.74) is -0.0864. The minimum absolute atomic E-state index is 0.00690. The van der Waals surface area contributed by atoms with Crippen LogP contribution in [0.4, 0.5) is 0 Å². The SMILES string of the molecule is CCS(=O)(=O)c1ccc(-n2cncn2)nc1C(=O)CBr. The molecule has 9 heteroatoms. The van der Waals surface area contributed by atoms with Gasteiger partial charge in [-0.3, -0.25) is 4.79 Å². The third kappa shape index (κ3) is 2.78. The molecule has 106 valence electrons. The van der Waals surface area contributed by atoms with Crippen LogP contribution in [-0.2, 0) is 9.84 Å². The summed E-state index contributed by atoms with van der Waals surface area (Å²) in [6.45, 7) is 1.52. The zero-order chi connectivity index (χ0) is 14.8. The van der Waals surface area contributed by atoms with Crippen molar-refractivity contribution in [2.24, 2.45) is 0 Å². The molecule has 0 fully saturated rings. The Hall–Kier alpha value is -1.61. The van der Waals surface area contributed by atoms with Gasteiger partial charge < -0.3 is 0 Å². The van der Waals surface area contributed by atoms with Gasteiger partial charge in [0.05, 0.1) is 16.0 Å². The average Bonchev–Trinajstić information content (AvgIpc) is 3.00. The Morgan fingerprint density at radius 3 is 2.70 bits per heavy atom. The van der Waals surface area contributed by atoms with Crippen molar-refractivity contribution in [1.29, 1.82) is 0 Å². The number of hydrogen-bond donors (Lipinski definition) is 0. The number of carbonyl (C=O) groups is 1. The summed E-state index contributed by atoms with van der Waals surface area (Å²) in [4.78, 5) is 19.7. The van der Waals surface area contributed by atoms with Gasteiger partial charge >= 0.3 is 0 Å². The highest BCUT2D eigenvalue weighted by Gasteiger charge is 2.23. The molecule has 0 spiro atoms. The number of halogens is 1. The number of carbonyl (C=O) groups excluding carboxylic acids is 1. The maximum absolute atomic E-state index is 12.0. The maximum atomic E-state index is 12.0. The fourth-order valence-electron chi connectivity index (χ4n) is 1.56. The normalized spacial score (nSPS) is 11.5. The molecule has 2 aromatic rings. The number of alkyl halides is 1. The van der Waals surface area contributed by atoms with E-state index in [1.54, 1.807) is 0 Å². The van der Waals surface area contributed by atoms with Crippen LogP contribution in [0, 0.1) is 0 Å². The number of pyridine rings is 1. The van der Waals surface area contributed by atoms with Gasteiger partial charge in [0.2, 0.25) is 0 Å². The largest absolute Gasteiger partial charge is 0.291 e. The van der Waals surface area contributed by atoms with Crippen LogP contribution in [0.15, 0.2) is 29.7 Å². The lowest BCUT2D eigenvalue weighted by molar-refractivity contribution is 0.101. The molecule has 0 saturated heterocycles. The zero-order valence-electron chi connectivity index (χ0n) is 10.5. The molecule has 0 aliphatic heterocycles. The van der Waals surface area contributed by atoms with E-state index in [1.165, 1.54) is 36.4 Å².